The molecule has 1 N–H and O–H groups in total. The fourth-order valence-corrected chi connectivity index (χ4v) is 4.25. The van der Waals surface area contributed by atoms with Gasteiger partial charge in [0.2, 0.25) is 0 Å². The van der Waals surface area contributed by atoms with Crippen LogP contribution in [0.15, 0.2) is 65.7 Å². The van der Waals surface area contributed by atoms with E-state index in [4.69, 9.17) is 16.3 Å². The van der Waals surface area contributed by atoms with Crippen LogP contribution in [0.3, 0.4) is 0 Å². The second-order valence-electron chi connectivity index (χ2n) is 7.72. The highest BCUT2D eigenvalue weighted by Gasteiger charge is 2.73. The molecule has 0 bridgehead atoms. The number of hydrogen-bond donors (Lipinski definition) is 1. The van der Waals surface area contributed by atoms with E-state index in [2.05, 4.69) is 0 Å². The fraction of sp³-hybridized carbons (Fsp3) is 0.318. The molecule has 0 aliphatic heterocycles. The van der Waals surface area contributed by atoms with Crippen LogP contribution in [0.25, 0.3) is 0 Å². The zero-order chi connectivity index (χ0) is 21.4. The van der Waals surface area contributed by atoms with Gasteiger partial charge in [-0.25, -0.2) is 0 Å². The molecule has 0 radical (unpaired) electrons. The summed E-state index contributed by atoms with van der Waals surface area (Å²) in [5.41, 5.74) is -1.60. The zero-order valence-electron chi connectivity index (χ0n) is 15.8. The largest absolute Gasteiger partial charge is 0.481 e. The van der Waals surface area contributed by atoms with Crippen molar-refractivity contribution >= 4 is 17.6 Å². The average molecular weight is 425 g/mol. The molecule has 1 fully saturated rings. The second kappa shape index (κ2) is 7.41. The summed E-state index contributed by atoms with van der Waals surface area (Å²) in [5.74, 6) is -1.13. The summed E-state index contributed by atoms with van der Waals surface area (Å²) in [6.45, 7) is 3.28. The summed E-state index contributed by atoms with van der Waals surface area (Å²) in [5, 5.41) is 8.33. The third-order valence-electron chi connectivity index (χ3n) is 5.68. The third-order valence-corrected chi connectivity index (χ3v) is 6.01. The molecule has 1 aliphatic carbocycles. The van der Waals surface area contributed by atoms with Crippen molar-refractivity contribution in [3.05, 3.63) is 71.3 Å². The molecule has 0 heterocycles. The molecule has 1 aliphatic rings. The lowest BCUT2D eigenvalue weighted by Crippen LogP contribution is -2.17. The summed E-state index contributed by atoms with van der Waals surface area (Å²) in [6, 6.07) is 15.9. The van der Waals surface area contributed by atoms with Crippen molar-refractivity contribution in [2.24, 2.45) is 16.7 Å². The Morgan fingerprint density at radius 1 is 1.14 bits per heavy atom. The summed E-state index contributed by atoms with van der Waals surface area (Å²) in [4.78, 5) is 11.8. The van der Waals surface area contributed by atoms with Crippen LogP contribution in [0.2, 0.25) is 0 Å². The maximum atomic E-state index is 13.1. The maximum Gasteiger partial charge on any atom is 0.426 e. The Labute approximate surface area is 171 Å². The first kappa shape index (κ1) is 21.2. The summed E-state index contributed by atoms with van der Waals surface area (Å²) in [6.07, 6.45) is -3.82. The normalized spacial score (nSPS) is 23.5. The van der Waals surface area contributed by atoms with Crippen molar-refractivity contribution in [1.29, 1.82) is 0 Å². The molecule has 29 heavy (non-hydrogen) atoms. The van der Waals surface area contributed by atoms with Crippen LogP contribution >= 0.6 is 11.6 Å². The standard InChI is InChI=1S/C22H20ClF3O3/c1-20(2)18(19(27)28)21(20,13-17(23)22(24,25)26)12-14-8-6-7-11-16(14)29-15-9-4-3-5-10-15/h3-11,13,18H,12H2,1-2H3,(H,27,28)/b17-13-. The molecule has 7 heteroatoms. The highest BCUT2D eigenvalue weighted by Crippen LogP contribution is 2.72. The molecule has 3 nitrogen and oxygen atoms in total. The van der Waals surface area contributed by atoms with Crippen LogP contribution in [0.1, 0.15) is 19.4 Å². The molecule has 0 aromatic heterocycles. The van der Waals surface area contributed by atoms with Gasteiger partial charge in [-0.15, -0.1) is 0 Å². The van der Waals surface area contributed by atoms with Crippen molar-refractivity contribution in [2.45, 2.75) is 26.4 Å². The molecule has 1 saturated carbocycles. The highest BCUT2D eigenvalue weighted by molar-refractivity contribution is 6.30. The molecule has 0 spiro atoms. The van der Waals surface area contributed by atoms with Crippen LogP contribution in [0, 0.1) is 16.7 Å². The second-order valence-corrected chi connectivity index (χ2v) is 8.13. The first-order valence-corrected chi connectivity index (χ1v) is 9.36. The van der Waals surface area contributed by atoms with Gasteiger partial charge in [0, 0.05) is 5.41 Å². The van der Waals surface area contributed by atoms with E-state index in [-0.39, 0.29) is 6.42 Å². The lowest BCUT2D eigenvalue weighted by Gasteiger charge is -2.20. The molecule has 2 aromatic carbocycles. The number of hydrogen-bond acceptors (Lipinski definition) is 2. The maximum absolute atomic E-state index is 13.1. The van der Waals surface area contributed by atoms with Crippen molar-refractivity contribution < 1.29 is 27.8 Å². The number of carbonyl (C=O) groups is 1. The summed E-state index contributed by atoms with van der Waals surface area (Å²) < 4.78 is 45.3. The van der Waals surface area contributed by atoms with Crippen molar-refractivity contribution in [1.82, 2.24) is 0 Å². The number of aliphatic carboxylic acids is 1. The van der Waals surface area contributed by atoms with E-state index in [1.807, 2.05) is 6.07 Å². The summed E-state index contributed by atoms with van der Waals surface area (Å²) >= 11 is 5.53. The van der Waals surface area contributed by atoms with Gasteiger partial charge in [-0.3, -0.25) is 4.79 Å². The number of benzene rings is 2. The molecule has 0 saturated heterocycles. The number of carboxylic acid groups (broad SMARTS) is 1. The first-order chi connectivity index (χ1) is 13.5. The number of carboxylic acids is 1. The minimum Gasteiger partial charge on any atom is -0.481 e. The van der Waals surface area contributed by atoms with Gasteiger partial charge in [0.25, 0.3) is 0 Å². The van der Waals surface area contributed by atoms with Crippen LogP contribution in [0.4, 0.5) is 13.2 Å². The van der Waals surface area contributed by atoms with Gasteiger partial charge in [-0.1, -0.05) is 67.9 Å². The van der Waals surface area contributed by atoms with E-state index >= 15 is 0 Å². The molecule has 154 valence electrons. The molecular formula is C22H20ClF3O3. The lowest BCUT2D eigenvalue weighted by molar-refractivity contribution is -0.139. The van der Waals surface area contributed by atoms with E-state index in [1.54, 1.807) is 62.4 Å². The Morgan fingerprint density at radius 2 is 1.72 bits per heavy atom. The predicted molar refractivity (Wildman–Crippen MR) is 104 cm³/mol. The molecule has 2 unspecified atom stereocenters. The van der Waals surface area contributed by atoms with Gasteiger partial charge in [-0.2, -0.15) is 13.2 Å². The smallest absolute Gasteiger partial charge is 0.426 e. The lowest BCUT2D eigenvalue weighted by atomic mass is 9.87. The number of allylic oxidation sites excluding steroid dienone is 2. The Kier molecular flexibility index (Phi) is 5.43. The molecule has 0 amide bonds. The molecule has 2 atom stereocenters. The van der Waals surface area contributed by atoms with Gasteiger partial charge in [-0.05, 0) is 35.6 Å². The van der Waals surface area contributed by atoms with Gasteiger partial charge < -0.3 is 9.84 Å². The van der Waals surface area contributed by atoms with Crippen molar-refractivity contribution in [3.8, 4) is 11.5 Å². The summed E-state index contributed by atoms with van der Waals surface area (Å²) in [7, 11) is 0. The number of rotatable bonds is 6. The Hall–Kier alpha value is -2.47. The van der Waals surface area contributed by atoms with Crippen LogP contribution in [-0.4, -0.2) is 17.3 Å². The van der Waals surface area contributed by atoms with Crippen molar-refractivity contribution in [3.63, 3.8) is 0 Å². The first-order valence-electron chi connectivity index (χ1n) is 8.98. The number of ether oxygens (including phenoxy) is 1. The van der Waals surface area contributed by atoms with E-state index in [0.717, 1.165) is 6.08 Å². The van der Waals surface area contributed by atoms with E-state index in [1.165, 1.54) is 0 Å². The van der Waals surface area contributed by atoms with Crippen LogP contribution in [0.5, 0.6) is 11.5 Å². The van der Waals surface area contributed by atoms with Crippen LogP contribution < -0.4 is 4.74 Å². The number of alkyl halides is 3. The third kappa shape index (κ3) is 3.99. The van der Waals surface area contributed by atoms with E-state index < -0.39 is 33.9 Å². The SMILES string of the molecule is CC1(C)C(C(=O)O)C1(/C=C(\Cl)C(F)(F)F)Cc1ccccc1Oc1ccccc1. The Bertz CT molecular complexity index is 938. The van der Waals surface area contributed by atoms with E-state index in [0.29, 0.717) is 17.1 Å². The molecule has 2 aromatic rings. The molecule has 3 rings (SSSR count). The monoisotopic (exact) mass is 424 g/mol. The van der Waals surface area contributed by atoms with Gasteiger partial charge in [0.05, 0.1) is 5.92 Å². The van der Waals surface area contributed by atoms with Gasteiger partial charge in [0.1, 0.15) is 16.5 Å². The molecular weight excluding hydrogens is 405 g/mol. The Balaban J connectivity index is 2.02. The zero-order valence-corrected chi connectivity index (χ0v) is 16.6. The van der Waals surface area contributed by atoms with Crippen LogP contribution in [-0.2, 0) is 11.2 Å². The number of halogens is 4. The fourth-order valence-electron chi connectivity index (χ4n) is 4.05. The minimum atomic E-state index is -4.74. The predicted octanol–water partition coefficient (Wildman–Crippen LogP) is 6.43. The average Bonchev–Trinajstić information content (AvgIpc) is 3.10. The minimum absolute atomic E-state index is 0.0479. The number of para-hydroxylation sites is 2. The van der Waals surface area contributed by atoms with Gasteiger partial charge in [0.15, 0.2) is 0 Å². The van der Waals surface area contributed by atoms with E-state index in [9.17, 15) is 23.1 Å². The topological polar surface area (TPSA) is 46.5 Å². The highest BCUT2D eigenvalue weighted by atomic mass is 35.5. The van der Waals surface area contributed by atoms with Crippen molar-refractivity contribution in [2.75, 3.05) is 0 Å². The quantitative estimate of drug-likeness (QED) is 0.581. The Morgan fingerprint density at radius 3 is 2.28 bits per heavy atom. The van der Waals surface area contributed by atoms with Gasteiger partial charge >= 0.3 is 12.1 Å².